The number of nitrogens with zero attached hydrogens (tertiary/aromatic N) is 2. The lowest BCUT2D eigenvalue weighted by atomic mass is 10.0. The molecule has 0 N–H and O–H groups in total. The van der Waals surface area contributed by atoms with Crippen LogP contribution in [0.2, 0.25) is 0 Å². The zero-order valence-electron chi connectivity index (χ0n) is 17.2. The molecule has 0 aromatic heterocycles. The average molecular weight is 405 g/mol. The number of hydrogen-bond donors (Lipinski definition) is 0. The Kier molecular flexibility index (Phi) is 6.72. The molecule has 1 unspecified atom stereocenters. The van der Waals surface area contributed by atoms with Crippen molar-refractivity contribution in [2.24, 2.45) is 5.92 Å². The van der Waals surface area contributed by atoms with Crippen LogP contribution < -0.4 is 9.04 Å². The summed E-state index contributed by atoms with van der Waals surface area (Å²) in [5.41, 5.74) is 0.893. The minimum absolute atomic E-state index is 0.0765. The van der Waals surface area contributed by atoms with E-state index >= 15 is 0 Å². The topological polar surface area (TPSA) is 66.9 Å². The summed E-state index contributed by atoms with van der Waals surface area (Å²) in [6.07, 6.45) is 0. The van der Waals surface area contributed by atoms with Gasteiger partial charge >= 0.3 is 0 Å². The first-order valence-corrected chi connectivity index (χ1v) is 10.5. The third-order valence-corrected chi connectivity index (χ3v) is 6.87. The van der Waals surface area contributed by atoms with Gasteiger partial charge in [0.2, 0.25) is 0 Å². The Morgan fingerprint density at radius 2 is 1.54 bits per heavy atom. The number of para-hydroxylation sites is 2. The molecule has 7 heteroatoms. The van der Waals surface area contributed by atoms with E-state index in [0.717, 1.165) is 0 Å². The van der Waals surface area contributed by atoms with Crippen LogP contribution in [-0.2, 0) is 10.0 Å². The molecule has 0 saturated carbocycles. The standard InChI is InChI=1S/C21H28N2O4S/c1-15(2)16(3)22(4)21(24)17-11-13-18(14-12-17)28(25,26)23(5)19-9-7-8-10-20(19)27-6/h7-16H,1-6H3. The molecule has 28 heavy (non-hydrogen) atoms. The minimum atomic E-state index is -3.79. The first kappa shape index (κ1) is 21.8. The number of hydrogen-bond acceptors (Lipinski definition) is 4. The summed E-state index contributed by atoms with van der Waals surface area (Å²) in [4.78, 5) is 14.4. The predicted octanol–water partition coefficient (Wildman–Crippen LogP) is 3.64. The fourth-order valence-corrected chi connectivity index (χ4v) is 3.99. The van der Waals surface area contributed by atoms with Gasteiger partial charge in [-0.25, -0.2) is 8.42 Å². The molecule has 0 aliphatic heterocycles. The van der Waals surface area contributed by atoms with Gasteiger partial charge in [-0.15, -0.1) is 0 Å². The van der Waals surface area contributed by atoms with Gasteiger partial charge in [0, 0.05) is 25.7 Å². The van der Waals surface area contributed by atoms with Crippen molar-refractivity contribution in [2.75, 3.05) is 25.5 Å². The molecular formula is C21H28N2O4S. The van der Waals surface area contributed by atoms with Crippen molar-refractivity contribution in [3.63, 3.8) is 0 Å². The van der Waals surface area contributed by atoms with Crippen molar-refractivity contribution < 1.29 is 17.9 Å². The molecule has 2 aromatic rings. The second-order valence-electron chi connectivity index (χ2n) is 7.07. The fraction of sp³-hybridized carbons (Fsp3) is 0.381. The van der Waals surface area contributed by atoms with Crippen molar-refractivity contribution in [2.45, 2.75) is 31.7 Å². The molecule has 6 nitrogen and oxygen atoms in total. The smallest absolute Gasteiger partial charge is 0.264 e. The van der Waals surface area contributed by atoms with E-state index in [1.165, 1.54) is 30.6 Å². The van der Waals surface area contributed by atoms with E-state index in [2.05, 4.69) is 13.8 Å². The van der Waals surface area contributed by atoms with Crippen molar-refractivity contribution in [1.82, 2.24) is 4.90 Å². The summed E-state index contributed by atoms with van der Waals surface area (Å²) < 4.78 is 32.4. The van der Waals surface area contributed by atoms with Crippen LogP contribution in [0.1, 0.15) is 31.1 Å². The highest BCUT2D eigenvalue weighted by Crippen LogP contribution is 2.31. The Labute approximate surface area is 167 Å². The van der Waals surface area contributed by atoms with Crippen molar-refractivity contribution in [1.29, 1.82) is 0 Å². The zero-order valence-corrected chi connectivity index (χ0v) is 18.0. The van der Waals surface area contributed by atoms with Gasteiger partial charge in [-0.05, 0) is 49.2 Å². The third-order valence-electron chi connectivity index (χ3n) is 5.08. The number of methoxy groups -OCH3 is 1. The Balaban J connectivity index is 2.30. The lowest BCUT2D eigenvalue weighted by Crippen LogP contribution is -2.38. The summed E-state index contributed by atoms with van der Waals surface area (Å²) in [6, 6.07) is 13.0. The number of anilines is 1. The second kappa shape index (κ2) is 8.65. The highest BCUT2D eigenvalue weighted by molar-refractivity contribution is 7.92. The SMILES string of the molecule is COc1ccccc1N(C)S(=O)(=O)c1ccc(C(=O)N(C)C(C)C(C)C)cc1. The van der Waals surface area contributed by atoms with E-state index < -0.39 is 10.0 Å². The lowest BCUT2D eigenvalue weighted by molar-refractivity contribution is 0.0707. The van der Waals surface area contributed by atoms with Crippen LogP contribution >= 0.6 is 0 Å². The molecule has 152 valence electrons. The van der Waals surface area contributed by atoms with Gasteiger partial charge in [-0.2, -0.15) is 0 Å². The van der Waals surface area contributed by atoms with Crippen LogP contribution in [-0.4, -0.2) is 46.5 Å². The minimum Gasteiger partial charge on any atom is -0.495 e. The third kappa shape index (κ3) is 4.30. The second-order valence-corrected chi connectivity index (χ2v) is 9.04. The normalized spacial score (nSPS) is 12.5. The van der Waals surface area contributed by atoms with Crippen LogP contribution in [0.3, 0.4) is 0 Å². The number of ether oxygens (including phenoxy) is 1. The first-order chi connectivity index (χ1) is 13.1. The molecule has 0 saturated heterocycles. The molecule has 0 heterocycles. The van der Waals surface area contributed by atoms with Gasteiger partial charge in [0.1, 0.15) is 5.75 Å². The van der Waals surface area contributed by atoms with Crippen LogP contribution in [0.4, 0.5) is 5.69 Å². The number of rotatable bonds is 7. The van der Waals surface area contributed by atoms with Crippen molar-refractivity contribution in [3.05, 3.63) is 54.1 Å². The Hall–Kier alpha value is -2.54. The largest absolute Gasteiger partial charge is 0.495 e. The summed E-state index contributed by atoms with van der Waals surface area (Å²) in [6.45, 7) is 6.10. The molecular weight excluding hydrogens is 376 g/mol. The number of carbonyl (C=O) groups is 1. The van der Waals surface area contributed by atoms with Gasteiger partial charge in [0.25, 0.3) is 15.9 Å². The van der Waals surface area contributed by atoms with E-state index in [1.54, 1.807) is 48.3 Å². The molecule has 0 aliphatic rings. The highest BCUT2D eigenvalue weighted by Gasteiger charge is 2.25. The van der Waals surface area contributed by atoms with Gasteiger partial charge in [0.15, 0.2) is 0 Å². The molecule has 1 atom stereocenters. The van der Waals surface area contributed by atoms with Crippen molar-refractivity contribution in [3.8, 4) is 5.75 Å². The van der Waals surface area contributed by atoms with E-state index in [0.29, 0.717) is 22.9 Å². The maximum absolute atomic E-state index is 13.0. The van der Waals surface area contributed by atoms with E-state index in [4.69, 9.17) is 4.74 Å². The molecule has 0 spiro atoms. The first-order valence-electron chi connectivity index (χ1n) is 9.10. The Bertz CT molecular complexity index is 924. The Morgan fingerprint density at radius 3 is 2.07 bits per heavy atom. The fourth-order valence-electron chi connectivity index (χ4n) is 2.78. The number of amides is 1. The van der Waals surface area contributed by atoms with Crippen LogP contribution in [0.5, 0.6) is 5.75 Å². The highest BCUT2D eigenvalue weighted by atomic mass is 32.2. The molecule has 0 fully saturated rings. The quantitative estimate of drug-likeness (QED) is 0.707. The number of carbonyl (C=O) groups excluding carboxylic acids is 1. The van der Waals surface area contributed by atoms with Gasteiger partial charge < -0.3 is 9.64 Å². The monoisotopic (exact) mass is 404 g/mol. The van der Waals surface area contributed by atoms with Crippen LogP contribution in [0.15, 0.2) is 53.4 Å². The van der Waals surface area contributed by atoms with Crippen LogP contribution in [0, 0.1) is 5.92 Å². The summed E-state index contributed by atoms with van der Waals surface area (Å²) in [5.74, 6) is 0.649. The number of benzene rings is 2. The van der Waals surface area contributed by atoms with E-state index in [1.807, 2.05) is 6.92 Å². The summed E-state index contributed by atoms with van der Waals surface area (Å²) in [7, 11) is 0.939. The lowest BCUT2D eigenvalue weighted by Gasteiger charge is -2.28. The maximum Gasteiger partial charge on any atom is 0.264 e. The van der Waals surface area contributed by atoms with E-state index in [9.17, 15) is 13.2 Å². The van der Waals surface area contributed by atoms with Gasteiger partial charge in [0.05, 0.1) is 17.7 Å². The molecule has 1 amide bonds. The van der Waals surface area contributed by atoms with Crippen LogP contribution in [0.25, 0.3) is 0 Å². The predicted molar refractivity (Wildman–Crippen MR) is 111 cm³/mol. The van der Waals surface area contributed by atoms with E-state index in [-0.39, 0.29) is 16.8 Å². The molecule has 0 bridgehead atoms. The molecule has 0 aliphatic carbocycles. The molecule has 2 aromatic carbocycles. The molecule has 0 radical (unpaired) electrons. The maximum atomic E-state index is 13.0. The average Bonchev–Trinajstić information content (AvgIpc) is 2.71. The zero-order chi connectivity index (χ0) is 21.1. The summed E-state index contributed by atoms with van der Waals surface area (Å²) >= 11 is 0. The summed E-state index contributed by atoms with van der Waals surface area (Å²) in [5, 5.41) is 0. The van der Waals surface area contributed by atoms with Gasteiger partial charge in [-0.1, -0.05) is 26.0 Å². The van der Waals surface area contributed by atoms with Crippen molar-refractivity contribution >= 4 is 21.6 Å². The van der Waals surface area contributed by atoms with Gasteiger partial charge in [-0.3, -0.25) is 9.10 Å². The molecule has 2 rings (SSSR count). The Morgan fingerprint density at radius 1 is 0.964 bits per heavy atom. The number of sulfonamides is 1.